The maximum absolute atomic E-state index is 10.5. The van der Waals surface area contributed by atoms with Crippen LogP contribution in [0.1, 0.15) is 29.5 Å². The Labute approximate surface area is 105 Å². The van der Waals surface area contributed by atoms with Crippen LogP contribution in [0.2, 0.25) is 0 Å². The molecule has 1 rings (SSSR count). The molecule has 1 aromatic heterocycles. The molecule has 0 bridgehead atoms. The maximum Gasteiger partial charge on any atom is 0.308 e. The summed E-state index contributed by atoms with van der Waals surface area (Å²) in [4.78, 5) is 12.5. The first-order chi connectivity index (χ1) is 8.15. The minimum atomic E-state index is -0.803. The van der Waals surface area contributed by atoms with Gasteiger partial charge in [0, 0.05) is 22.3 Å². The Balaban J connectivity index is 2.44. The van der Waals surface area contributed by atoms with Crippen molar-refractivity contribution >= 4 is 17.3 Å². The number of thiophene rings is 1. The van der Waals surface area contributed by atoms with Crippen LogP contribution in [0.3, 0.4) is 0 Å². The van der Waals surface area contributed by atoms with Crippen LogP contribution in [0.4, 0.5) is 0 Å². The number of nitrogens with one attached hydrogen (secondary N) is 1. The van der Waals surface area contributed by atoms with E-state index in [-0.39, 0.29) is 12.5 Å². The number of hydrogen-bond acceptors (Lipinski definition) is 4. The van der Waals surface area contributed by atoms with E-state index in [0.29, 0.717) is 13.0 Å². The first-order valence-electron chi connectivity index (χ1n) is 5.55. The van der Waals surface area contributed by atoms with E-state index in [0.717, 1.165) is 16.2 Å². The molecular weight excluding hydrogens is 236 g/mol. The normalized spacial score (nSPS) is 12.0. The van der Waals surface area contributed by atoms with Gasteiger partial charge in [0.15, 0.2) is 0 Å². The van der Waals surface area contributed by atoms with Gasteiger partial charge >= 0.3 is 5.97 Å². The Bertz CT molecular complexity index is 409. The molecule has 92 valence electrons. The smallest absolute Gasteiger partial charge is 0.308 e. The first kappa shape index (κ1) is 13.7. The largest absolute Gasteiger partial charge is 0.481 e. The average molecular weight is 252 g/mol. The second-order valence-corrected chi connectivity index (χ2v) is 5.04. The van der Waals surface area contributed by atoms with Gasteiger partial charge in [0.2, 0.25) is 0 Å². The van der Waals surface area contributed by atoms with Crippen molar-refractivity contribution in [2.24, 2.45) is 0 Å². The topological polar surface area (TPSA) is 73.1 Å². The van der Waals surface area contributed by atoms with Gasteiger partial charge in [-0.05, 0) is 18.6 Å². The molecule has 5 heteroatoms. The summed E-state index contributed by atoms with van der Waals surface area (Å²) in [5.41, 5.74) is 0. The molecule has 0 aliphatic carbocycles. The summed E-state index contributed by atoms with van der Waals surface area (Å²) in [7, 11) is 0. The number of rotatable bonds is 7. The summed E-state index contributed by atoms with van der Waals surface area (Å²) in [6.45, 7) is 2.74. The predicted molar refractivity (Wildman–Crippen MR) is 66.8 cm³/mol. The van der Waals surface area contributed by atoms with Crippen molar-refractivity contribution in [3.63, 3.8) is 0 Å². The van der Waals surface area contributed by atoms with Gasteiger partial charge in [-0.15, -0.1) is 11.3 Å². The Morgan fingerprint density at radius 3 is 2.88 bits per heavy atom. The fraction of sp³-hybridized carbons (Fsp3) is 0.500. The number of nitriles is 1. The number of carboxylic acids is 1. The van der Waals surface area contributed by atoms with Gasteiger partial charge in [0.05, 0.1) is 18.9 Å². The number of carboxylic acid groups (broad SMARTS) is 1. The molecule has 2 N–H and O–H groups in total. The van der Waals surface area contributed by atoms with Crippen LogP contribution in [0.25, 0.3) is 0 Å². The van der Waals surface area contributed by atoms with Crippen molar-refractivity contribution < 1.29 is 9.90 Å². The van der Waals surface area contributed by atoms with E-state index in [4.69, 9.17) is 10.4 Å². The number of nitrogens with zero attached hydrogens (tertiary/aromatic N) is 1. The van der Waals surface area contributed by atoms with Crippen LogP contribution < -0.4 is 5.32 Å². The first-order valence-corrected chi connectivity index (χ1v) is 6.37. The van der Waals surface area contributed by atoms with Crippen LogP contribution in [-0.2, 0) is 17.8 Å². The number of carbonyl (C=O) groups is 1. The van der Waals surface area contributed by atoms with Crippen molar-refractivity contribution in [1.29, 1.82) is 5.26 Å². The number of hydrogen-bond donors (Lipinski definition) is 2. The molecular formula is C12H16N2O2S. The highest BCUT2D eigenvalue weighted by Crippen LogP contribution is 2.17. The van der Waals surface area contributed by atoms with Gasteiger partial charge < -0.3 is 10.4 Å². The van der Waals surface area contributed by atoms with E-state index >= 15 is 0 Å². The Hall–Kier alpha value is -1.38. The monoisotopic (exact) mass is 252 g/mol. The second-order valence-electron chi connectivity index (χ2n) is 3.79. The van der Waals surface area contributed by atoms with E-state index in [1.807, 2.05) is 19.1 Å². The van der Waals surface area contributed by atoms with E-state index in [2.05, 4.69) is 11.4 Å². The lowest BCUT2D eigenvalue weighted by Crippen LogP contribution is -2.26. The van der Waals surface area contributed by atoms with E-state index in [9.17, 15) is 4.79 Å². The molecule has 0 radical (unpaired) electrons. The zero-order valence-electron chi connectivity index (χ0n) is 9.77. The van der Waals surface area contributed by atoms with Gasteiger partial charge in [-0.25, -0.2) is 0 Å². The standard InChI is InChI=1S/C12H16N2O2S/c1-2-9(5-6-13)14-8-11-4-3-10(17-11)7-12(15)16/h3-4,9,14H,2,5,7-8H2,1H3,(H,15,16). The van der Waals surface area contributed by atoms with Gasteiger partial charge in [0.1, 0.15) is 0 Å². The molecule has 17 heavy (non-hydrogen) atoms. The molecule has 0 aromatic carbocycles. The quantitative estimate of drug-likeness (QED) is 0.780. The van der Waals surface area contributed by atoms with Crippen molar-refractivity contribution in [3.8, 4) is 6.07 Å². The summed E-state index contributed by atoms with van der Waals surface area (Å²) in [5, 5.41) is 20.6. The molecule has 0 saturated heterocycles. The van der Waals surface area contributed by atoms with Crippen LogP contribution in [0.5, 0.6) is 0 Å². The van der Waals surface area contributed by atoms with Crippen molar-refractivity contribution in [1.82, 2.24) is 5.32 Å². The third kappa shape index (κ3) is 4.98. The lowest BCUT2D eigenvalue weighted by atomic mass is 10.1. The highest BCUT2D eigenvalue weighted by molar-refractivity contribution is 7.12. The molecule has 0 amide bonds. The van der Waals surface area contributed by atoms with Crippen LogP contribution in [0, 0.1) is 11.3 Å². The summed E-state index contributed by atoms with van der Waals surface area (Å²) in [6, 6.07) is 6.15. The van der Waals surface area contributed by atoms with Gasteiger partial charge in [-0.3, -0.25) is 4.79 Å². The molecule has 1 atom stereocenters. The fourth-order valence-corrected chi connectivity index (χ4v) is 2.44. The predicted octanol–water partition coefficient (Wildman–Crippen LogP) is 2.16. The van der Waals surface area contributed by atoms with Gasteiger partial charge in [0.25, 0.3) is 0 Å². The minimum absolute atomic E-state index is 0.0834. The molecule has 0 fully saturated rings. The molecule has 4 nitrogen and oxygen atoms in total. The third-order valence-corrected chi connectivity index (χ3v) is 3.52. The molecule has 0 spiro atoms. The highest BCUT2D eigenvalue weighted by Gasteiger charge is 2.07. The second kappa shape index (κ2) is 7.05. The highest BCUT2D eigenvalue weighted by atomic mass is 32.1. The lowest BCUT2D eigenvalue weighted by Gasteiger charge is -2.12. The minimum Gasteiger partial charge on any atom is -0.481 e. The van der Waals surface area contributed by atoms with Crippen LogP contribution >= 0.6 is 11.3 Å². The Morgan fingerprint density at radius 2 is 2.29 bits per heavy atom. The van der Waals surface area contributed by atoms with Crippen LogP contribution in [0.15, 0.2) is 12.1 Å². The lowest BCUT2D eigenvalue weighted by molar-refractivity contribution is -0.136. The third-order valence-electron chi connectivity index (χ3n) is 2.44. The Kier molecular flexibility index (Phi) is 5.67. The van der Waals surface area contributed by atoms with Crippen molar-refractivity contribution in [2.75, 3.05) is 0 Å². The summed E-state index contributed by atoms with van der Waals surface area (Å²) in [6.07, 6.45) is 1.50. The van der Waals surface area contributed by atoms with Crippen molar-refractivity contribution in [2.45, 2.75) is 38.8 Å². The molecule has 1 unspecified atom stereocenters. The zero-order chi connectivity index (χ0) is 12.7. The molecule has 1 heterocycles. The summed E-state index contributed by atoms with van der Waals surface area (Å²) in [5.74, 6) is -0.803. The van der Waals surface area contributed by atoms with Gasteiger partial charge in [-0.1, -0.05) is 6.92 Å². The van der Waals surface area contributed by atoms with E-state index in [1.54, 1.807) is 0 Å². The number of aliphatic carboxylic acids is 1. The van der Waals surface area contributed by atoms with E-state index < -0.39 is 5.97 Å². The van der Waals surface area contributed by atoms with Crippen molar-refractivity contribution in [3.05, 3.63) is 21.9 Å². The molecule has 0 aliphatic heterocycles. The van der Waals surface area contributed by atoms with E-state index in [1.165, 1.54) is 11.3 Å². The average Bonchev–Trinajstić information content (AvgIpc) is 2.71. The molecule has 0 aliphatic rings. The maximum atomic E-state index is 10.5. The zero-order valence-corrected chi connectivity index (χ0v) is 10.6. The summed E-state index contributed by atoms with van der Waals surface area (Å²) < 4.78 is 0. The van der Waals surface area contributed by atoms with Crippen LogP contribution in [-0.4, -0.2) is 17.1 Å². The summed E-state index contributed by atoms with van der Waals surface area (Å²) >= 11 is 1.51. The SMILES string of the molecule is CCC(CC#N)NCc1ccc(CC(=O)O)s1. The molecule has 0 saturated carbocycles. The Morgan fingerprint density at radius 1 is 1.59 bits per heavy atom. The fourth-order valence-electron chi connectivity index (χ4n) is 1.48. The molecule has 1 aromatic rings. The van der Waals surface area contributed by atoms with Gasteiger partial charge in [-0.2, -0.15) is 5.26 Å².